The molecule has 1 aliphatic heterocycles. The fraction of sp³-hybridized carbons (Fsp3) is 0.316. The second-order valence-corrected chi connectivity index (χ2v) is 9.16. The number of benzene rings is 2. The summed E-state index contributed by atoms with van der Waals surface area (Å²) in [6.07, 6.45) is 0. The van der Waals surface area contributed by atoms with Crippen molar-refractivity contribution in [1.29, 1.82) is 0 Å². The molecule has 2 aromatic carbocycles. The van der Waals surface area contributed by atoms with Crippen LogP contribution in [0.5, 0.6) is 0 Å². The Balaban J connectivity index is 1.70. The molecule has 0 unspecified atom stereocenters. The van der Waals surface area contributed by atoms with Crippen molar-refractivity contribution in [3.63, 3.8) is 0 Å². The Kier molecular flexibility index (Phi) is 5.74. The number of rotatable bonds is 4. The van der Waals surface area contributed by atoms with Crippen molar-refractivity contribution in [3.8, 4) is 0 Å². The average molecular weight is 408 g/mol. The number of hydrogen-bond donors (Lipinski definition) is 0. The fourth-order valence-corrected chi connectivity index (χ4v) is 4.08. The van der Waals surface area contributed by atoms with Gasteiger partial charge < -0.3 is 9.80 Å². The van der Waals surface area contributed by atoms with E-state index in [1.54, 1.807) is 17.0 Å². The van der Waals surface area contributed by atoms with Crippen LogP contribution in [0.25, 0.3) is 0 Å². The SMILES string of the molecule is CN(C)S(=O)(=O)c1cccc(C(=O)N2CCN(c3ccc(Cl)cc3)CC2)c1. The Morgan fingerprint density at radius 1 is 1.00 bits per heavy atom. The number of amides is 1. The normalized spacial score (nSPS) is 15.3. The molecular formula is C19H22ClN3O3S. The van der Waals surface area contributed by atoms with Gasteiger partial charge in [0.15, 0.2) is 0 Å². The van der Waals surface area contributed by atoms with Crippen molar-refractivity contribution in [1.82, 2.24) is 9.21 Å². The van der Waals surface area contributed by atoms with Crippen LogP contribution in [0, 0.1) is 0 Å². The van der Waals surface area contributed by atoms with Gasteiger partial charge >= 0.3 is 0 Å². The molecule has 0 bridgehead atoms. The van der Waals surface area contributed by atoms with Crippen molar-refractivity contribution in [2.45, 2.75) is 4.90 Å². The molecule has 0 N–H and O–H groups in total. The molecule has 3 rings (SSSR count). The van der Waals surface area contributed by atoms with E-state index in [1.165, 1.54) is 26.2 Å². The van der Waals surface area contributed by atoms with E-state index < -0.39 is 10.0 Å². The van der Waals surface area contributed by atoms with Gasteiger partial charge in [0.1, 0.15) is 0 Å². The maximum absolute atomic E-state index is 12.8. The zero-order chi connectivity index (χ0) is 19.6. The smallest absolute Gasteiger partial charge is 0.254 e. The third-order valence-electron chi connectivity index (χ3n) is 4.62. The quantitative estimate of drug-likeness (QED) is 0.781. The topological polar surface area (TPSA) is 60.9 Å². The Hall–Kier alpha value is -2.09. The van der Waals surface area contributed by atoms with Gasteiger partial charge in [-0.2, -0.15) is 0 Å². The van der Waals surface area contributed by atoms with Crippen LogP contribution in [0.1, 0.15) is 10.4 Å². The number of carbonyl (C=O) groups excluding carboxylic acids is 1. The van der Waals surface area contributed by atoms with Gasteiger partial charge in [-0.3, -0.25) is 4.79 Å². The van der Waals surface area contributed by atoms with Crippen LogP contribution in [0.15, 0.2) is 53.4 Å². The largest absolute Gasteiger partial charge is 0.368 e. The third-order valence-corrected chi connectivity index (χ3v) is 6.68. The second-order valence-electron chi connectivity index (χ2n) is 6.57. The molecule has 0 radical (unpaired) electrons. The summed E-state index contributed by atoms with van der Waals surface area (Å²) in [4.78, 5) is 16.9. The van der Waals surface area contributed by atoms with Gasteiger partial charge in [-0.1, -0.05) is 17.7 Å². The maximum Gasteiger partial charge on any atom is 0.254 e. The summed E-state index contributed by atoms with van der Waals surface area (Å²) in [5.41, 5.74) is 1.46. The number of nitrogens with zero attached hydrogens (tertiary/aromatic N) is 3. The summed E-state index contributed by atoms with van der Waals surface area (Å²) in [5.74, 6) is -0.151. The summed E-state index contributed by atoms with van der Waals surface area (Å²) >= 11 is 5.93. The molecule has 1 aliphatic rings. The van der Waals surface area contributed by atoms with E-state index >= 15 is 0 Å². The highest BCUT2D eigenvalue weighted by Gasteiger charge is 2.24. The summed E-state index contributed by atoms with van der Waals surface area (Å²) in [6.45, 7) is 2.57. The molecule has 1 saturated heterocycles. The van der Waals surface area contributed by atoms with E-state index in [0.717, 1.165) is 9.99 Å². The maximum atomic E-state index is 12.8. The minimum absolute atomic E-state index is 0.123. The third kappa shape index (κ3) is 4.26. The van der Waals surface area contributed by atoms with Crippen molar-refractivity contribution >= 4 is 33.2 Å². The zero-order valence-electron chi connectivity index (χ0n) is 15.3. The molecule has 144 valence electrons. The molecule has 0 saturated carbocycles. The van der Waals surface area contributed by atoms with E-state index in [4.69, 9.17) is 11.6 Å². The molecule has 0 aromatic heterocycles. The lowest BCUT2D eigenvalue weighted by Gasteiger charge is -2.36. The van der Waals surface area contributed by atoms with Crippen LogP contribution in [-0.2, 0) is 10.0 Å². The summed E-state index contributed by atoms with van der Waals surface area (Å²) in [5, 5.41) is 0.695. The first kappa shape index (κ1) is 19.7. The predicted octanol–water partition coefficient (Wildman–Crippen LogP) is 2.55. The molecule has 0 atom stereocenters. The van der Waals surface area contributed by atoms with Crippen molar-refractivity contribution in [2.75, 3.05) is 45.2 Å². The minimum Gasteiger partial charge on any atom is -0.368 e. The van der Waals surface area contributed by atoms with Crippen molar-refractivity contribution in [3.05, 3.63) is 59.1 Å². The van der Waals surface area contributed by atoms with Crippen molar-refractivity contribution in [2.24, 2.45) is 0 Å². The van der Waals surface area contributed by atoms with Gasteiger partial charge in [-0.15, -0.1) is 0 Å². The molecule has 0 aliphatic carbocycles. The lowest BCUT2D eigenvalue weighted by Crippen LogP contribution is -2.48. The van der Waals surface area contributed by atoms with Gasteiger partial charge in [0, 0.05) is 56.5 Å². The van der Waals surface area contributed by atoms with E-state index in [1.807, 2.05) is 24.3 Å². The van der Waals surface area contributed by atoms with Crippen LogP contribution in [0.2, 0.25) is 5.02 Å². The fourth-order valence-electron chi connectivity index (χ4n) is 3.00. The first-order valence-electron chi connectivity index (χ1n) is 8.61. The Labute approximate surface area is 165 Å². The lowest BCUT2D eigenvalue weighted by atomic mass is 10.1. The predicted molar refractivity (Wildman–Crippen MR) is 107 cm³/mol. The van der Waals surface area contributed by atoms with Crippen molar-refractivity contribution < 1.29 is 13.2 Å². The highest BCUT2D eigenvalue weighted by atomic mass is 35.5. The summed E-state index contributed by atoms with van der Waals surface area (Å²) < 4.78 is 25.7. The Bertz CT molecular complexity index is 921. The minimum atomic E-state index is -3.57. The van der Waals surface area contributed by atoms with E-state index in [9.17, 15) is 13.2 Å². The summed E-state index contributed by atoms with van der Waals surface area (Å²) in [7, 11) is -0.624. The summed E-state index contributed by atoms with van der Waals surface area (Å²) in [6, 6.07) is 13.9. The first-order valence-corrected chi connectivity index (χ1v) is 10.4. The van der Waals surface area contributed by atoms with Gasteiger partial charge in [0.05, 0.1) is 4.90 Å². The number of piperazine rings is 1. The molecule has 1 fully saturated rings. The highest BCUT2D eigenvalue weighted by molar-refractivity contribution is 7.89. The lowest BCUT2D eigenvalue weighted by molar-refractivity contribution is 0.0746. The molecule has 1 amide bonds. The van der Waals surface area contributed by atoms with Crippen LogP contribution in [0.4, 0.5) is 5.69 Å². The van der Waals surface area contributed by atoms with Gasteiger partial charge in [0.25, 0.3) is 5.91 Å². The molecule has 8 heteroatoms. The number of sulfonamides is 1. The number of halogens is 1. The molecular weight excluding hydrogens is 386 g/mol. The van der Waals surface area contributed by atoms with E-state index in [2.05, 4.69) is 4.90 Å². The van der Waals surface area contributed by atoms with Crippen LogP contribution in [0.3, 0.4) is 0 Å². The second kappa shape index (κ2) is 7.88. The van der Waals surface area contributed by atoms with E-state index in [-0.39, 0.29) is 10.8 Å². The standard InChI is InChI=1S/C19H22ClN3O3S/c1-21(2)27(25,26)18-5-3-4-15(14-18)19(24)23-12-10-22(11-13-23)17-8-6-16(20)7-9-17/h3-9,14H,10-13H2,1-2H3. The molecule has 27 heavy (non-hydrogen) atoms. The molecule has 6 nitrogen and oxygen atoms in total. The molecule has 2 aromatic rings. The van der Waals surface area contributed by atoms with Crippen LogP contribution in [-0.4, -0.2) is 63.8 Å². The van der Waals surface area contributed by atoms with Gasteiger partial charge in [0.2, 0.25) is 10.0 Å². The Morgan fingerprint density at radius 2 is 1.63 bits per heavy atom. The first-order chi connectivity index (χ1) is 12.8. The zero-order valence-corrected chi connectivity index (χ0v) is 16.9. The van der Waals surface area contributed by atoms with Crippen LogP contribution < -0.4 is 4.90 Å². The monoisotopic (exact) mass is 407 g/mol. The molecule has 1 heterocycles. The van der Waals surface area contributed by atoms with Gasteiger partial charge in [-0.05, 0) is 42.5 Å². The van der Waals surface area contributed by atoms with E-state index in [0.29, 0.717) is 36.8 Å². The number of anilines is 1. The highest BCUT2D eigenvalue weighted by Crippen LogP contribution is 2.21. The van der Waals surface area contributed by atoms with Gasteiger partial charge in [-0.25, -0.2) is 12.7 Å². The Morgan fingerprint density at radius 3 is 2.22 bits per heavy atom. The molecule has 0 spiro atoms. The van der Waals surface area contributed by atoms with Crippen LogP contribution >= 0.6 is 11.6 Å². The number of carbonyl (C=O) groups is 1. The average Bonchev–Trinajstić information content (AvgIpc) is 2.68. The number of hydrogen-bond acceptors (Lipinski definition) is 4.